The lowest BCUT2D eigenvalue weighted by molar-refractivity contribution is 0.205. The van der Waals surface area contributed by atoms with Gasteiger partial charge in [0.25, 0.3) is 0 Å². The number of aryl methyl sites for hydroxylation is 2. The van der Waals surface area contributed by atoms with Gasteiger partial charge in [0.1, 0.15) is 0 Å². The van der Waals surface area contributed by atoms with Crippen LogP contribution >= 0.6 is 11.6 Å². The van der Waals surface area contributed by atoms with Gasteiger partial charge in [-0.1, -0.05) is 17.7 Å². The van der Waals surface area contributed by atoms with E-state index in [2.05, 4.69) is 32.0 Å². The summed E-state index contributed by atoms with van der Waals surface area (Å²) in [7, 11) is 1.97. The van der Waals surface area contributed by atoms with E-state index in [-0.39, 0.29) is 5.88 Å². The molecule has 1 rings (SSSR count). The molecule has 0 amide bonds. The van der Waals surface area contributed by atoms with Gasteiger partial charge in [0.05, 0.1) is 12.0 Å². The van der Waals surface area contributed by atoms with Crippen LogP contribution in [-0.2, 0) is 0 Å². The molecule has 1 aromatic rings. The maximum atomic E-state index is 9.46. The Balaban J connectivity index is 2.77. The highest BCUT2D eigenvalue weighted by Crippen LogP contribution is 2.19. The molecule has 0 spiro atoms. The largest absolute Gasteiger partial charge is 0.390 e. The second-order valence-corrected chi connectivity index (χ2v) is 4.29. The van der Waals surface area contributed by atoms with Crippen molar-refractivity contribution in [1.82, 2.24) is 0 Å². The first-order chi connectivity index (χ1) is 7.04. The zero-order chi connectivity index (χ0) is 11.4. The Morgan fingerprint density at radius 3 is 2.60 bits per heavy atom. The molecule has 0 aliphatic carbocycles. The first-order valence-corrected chi connectivity index (χ1v) is 5.60. The molecule has 84 valence electrons. The van der Waals surface area contributed by atoms with E-state index in [0.29, 0.717) is 6.54 Å². The van der Waals surface area contributed by atoms with Crippen molar-refractivity contribution in [3.8, 4) is 0 Å². The summed E-state index contributed by atoms with van der Waals surface area (Å²) < 4.78 is 0. The maximum Gasteiger partial charge on any atom is 0.0849 e. The first-order valence-electron chi connectivity index (χ1n) is 5.07. The maximum absolute atomic E-state index is 9.46. The fourth-order valence-corrected chi connectivity index (χ4v) is 1.79. The van der Waals surface area contributed by atoms with Crippen molar-refractivity contribution in [2.24, 2.45) is 0 Å². The average Bonchev–Trinajstić information content (AvgIpc) is 2.17. The molecule has 0 aliphatic heterocycles. The second-order valence-electron chi connectivity index (χ2n) is 3.98. The Labute approximate surface area is 96.5 Å². The molecule has 15 heavy (non-hydrogen) atoms. The number of aliphatic hydroxyl groups excluding tert-OH is 1. The summed E-state index contributed by atoms with van der Waals surface area (Å²) in [4.78, 5) is 2.03. The predicted molar refractivity (Wildman–Crippen MR) is 65.9 cm³/mol. The van der Waals surface area contributed by atoms with Gasteiger partial charge in [0, 0.05) is 19.3 Å². The number of nitrogens with zero attached hydrogens (tertiary/aromatic N) is 1. The van der Waals surface area contributed by atoms with Crippen LogP contribution in [0.3, 0.4) is 0 Å². The Morgan fingerprint density at radius 1 is 1.40 bits per heavy atom. The second kappa shape index (κ2) is 5.38. The number of aliphatic hydroxyl groups is 1. The lowest BCUT2D eigenvalue weighted by Gasteiger charge is -2.23. The van der Waals surface area contributed by atoms with E-state index in [1.807, 2.05) is 11.9 Å². The van der Waals surface area contributed by atoms with Gasteiger partial charge in [0.2, 0.25) is 0 Å². The van der Waals surface area contributed by atoms with Crippen LogP contribution < -0.4 is 4.90 Å². The van der Waals surface area contributed by atoms with Crippen molar-refractivity contribution in [1.29, 1.82) is 0 Å². The van der Waals surface area contributed by atoms with E-state index in [1.54, 1.807) is 0 Å². The van der Waals surface area contributed by atoms with Crippen molar-refractivity contribution < 1.29 is 5.11 Å². The Morgan fingerprint density at radius 2 is 2.07 bits per heavy atom. The smallest absolute Gasteiger partial charge is 0.0849 e. The number of halogens is 1. The molecule has 0 saturated carbocycles. The number of anilines is 1. The summed E-state index contributed by atoms with van der Waals surface area (Å²) in [6, 6.07) is 6.29. The fourth-order valence-electron chi connectivity index (χ4n) is 1.70. The number of likely N-dealkylation sites (N-methyl/N-ethyl adjacent to an activating group) is 1. The molecular weight excluding hydrogens is 210 g/mol. The quantitative estimate of drug-likeness (QED) is 0.799. The van der Waals surface area contributed by atoms with Crippen molar-refractivity contribution in [2.75, 3.05) is 24.4 Å². The van der Waals surface area contributed by atoms with E-state index >= 15 is 0 Å². The predicted octanol–water partition coefficient (Wildman–Crippen LogP) is 2.34. The van der Waals surface area contributed by atoms with Gasteiger partial charge in [-0.3, -0.25) is 0 Å². The molecule has 3 heteroatoms. The van der Waals surface area contributed by atoms with Crippen LogP contribution in [0.1, 0.15) is 11.1 Å². The van der Waals surface area contributed by atoms with E-state index in [0.717, 1.165) is 5.69 Å². The van der Waals surface area contributed by atoms with Gasteiger partial charge >= 0.3 is 0 Å². The summed E-state index contributed by atoms with van der Waals surface area (Å²) in [6.45, 7) is 4.71. The molecule has 1 atom stereocenters. The normalized spacial score (nSPS) is 12.6. The van der Waals surface area contributed by atoms with Crippen LogP contribution in [0.4, 0.5) is 5.69 Å². The van der Waals surface area contributed by atoms with Crippen molar-refractivity contribution in [2.45, 2.75) is 20.0 Å². The lowest BCUT2D eigenvalue weighted by Crippen LogP contribution is -2.30. The molecule has 0 heterocycles. The topological polar surface area (TPSA) is 23.5 Å². The molecule has 0 radical (unpaired) electrons. The highest BCUT2D eigenvalue weighted by atomic mass is 35.5. The molecular formula is C12H18ClNO. The van der Waals surface area contributed by atoms with Crippen molar-refractivity contribution in [3.05, 3.63) is 29.3 Å². The van der Waals surface area contributed by atoms with E-state index in [1.165, 1.54) is 11.1 Å². The minimum atomic E-state index is -0.475. The zero-order valence-electron chi connectivity index (χ0n) is 9.50. The van der Waals surface area contributed by atoms with Gasteiger partial charge in [-0.2, -0.15) is 0 Å². The van der Waals surface area contributed by atoms with Crippen molar-refractivity contribution in [3.63, 3.8) is 0 Å². The SMILES string of the molecule is Cc1ccc(N(C)CC(O)CCl)c(C)c1. The summed E-state index contributed by atoms with van der Waals surface area (Å²) in [5.74, 6) is 0.273. The fraction of sp³-hybridized carbons (Fsp3) is 0.500. The number of hydrogen-bond acceptors (Lipinski definition) is 2. The van der Waals surface area contributed by atoms with Gasteiger partial charge < -0.3 is 10.0 Å². The molecule has 1 N–H and O–H groups in total. The van der Waals surface area contributed by atoms with Crippen LogP contribution in [0.25, 0.3) is 0 Å². The molecule has 1 unspecified atom stereocenters. The minimum Gasteiger partial charge on any atom is -0.390 e. The van der Waals surface area contributed by atoms with Crippen LogP contribution in [0.2, 0.25) is 0 Å². The molecule has 0 aromatic heterocycles. The molecule has 0 saturated heterocycles. The highest BCUT2D eigenvalue weighted by Gasteiger charge is 2.09. The zero-order valence-corrected chi connectivity index (χ0v) is 10.3. The third kappa shape index (κ3) is 3.40. The minimum absolute atomic E-state index is 0.273. The monoisotopic (exact) mass is 227 g/mol. The van der Waals surface area contributed by atoms with Crippen LogP contribution in [0, 0.1) is 13.8 Å². The van der Waals surface area contributed by atoms with E-state index in [4.69, 9.17) is 11.6 Å². The van der Waals surface area contributed by atoms with E-state index in [9.17, 15) is 5.11 Å². The average molecular weight is 228 g/mol. The van der Waals surface area contributed by atoms with Gasteiger partial charge in [-0.25, -0.2) is 0 Å². The number of benzene rings is 1. The van der Waals surface area contributed by atoms with Gasteiger partial charge in [-0.15, -0.1) is 11.6 Å². The standard InChI is InChI=1S/C12H18ClNO/c1-9-4-5-12(10(2)6-9)14(3)8-11(15)7-13/h4-6,11,15H,7-8H2,1-3H3. The van der Waals surface area contributed by atoms with Crippen molar-refractivity contribution >= 4 is 17.3 Å². The summed E-state index contributed by atoms with van der Waals surface area (Å²) in [5, 5.41) is 9.46. The third-order valence-corrected chi connectivity index (χ3v) is 2.78. The molecule has 2 nitrogen and oxygen atoms in total. The number of hydrogen-bond donors (Lipinski definition) is 1. The van der Waals surface area contributed by atoms with Crippen LogP contribution in [0.15, 0.2) is 18.2 Å². The van der Waals surface area contributed by atoms with E-state index < -0.39 is 6.10 Å². The molecule has 0 aliphatic rings. The van der Waals surface area contributed by atoms with Crippen LogP contribution in [-0.4, -0.2) is 30.7 Å². The molecule has 0 bridgehead atoms. The van der Waals surface area contributed by atoms with Gasteiger partial charge in [-0.05, 0) is 25.5 Å². The number of alkyl halides is 1. The summed E-state index contributed by atoms with van der Waals surface area (Å²) in [6.07, 6.45) is -0.475. The Kier molecular flexibility index (Phi) is 4.43. The van der Waals surface area contributed by atoms with Gasteiger partial charge in [0.15, 0.2) is 0 Å². The summed E-state index contributed by atoms with van der Waals surface area (Å²) in [5.41, 5.74) is 3.62. The highest BCUT2D eigenvalue weighted by molar-refractivity contribution is 6.18. The number of rotatable bonds is 4. The Hall–Kier alpha value is -0.730. The lowest BCUT2D eigenvalue weighted by atomic mass is 10.1. The molecule has 0 fully saturated rings. The molecule has 1 aromatic carbocycles. The van der Waals surface area contributed by atoms with Crippen LogP contribution in [0.5, 0.6) is 0 Å². The summed E-state index contributed by atoms with van der Waals surface area (Å²) >= 11 is 5.57. The third-order valence-electron chi connectivity index (χ3n) is 2.43. The first kappa shape index (κ1) is 12.3. The Bertz CT molecular complexity index is 327.